The highest BCUT2D eigenvalue weighted by molar-refractivity contribution is 9.09. The number of halogens is 1. The standard InChI is InChI=1S/C6H11BrO2S/c1-5(10-2)6(8)9-4-3-7/h5H,3-4H2,1-2H3. The first-order valence-electron chi connectivity index (χ1n) is 2.97. The van der Waals surface area contributed by atoms with Crippen molar-refractivity contribution in [3.8, 4) is 0 Å². The van der Waals surface area contributed by atoms with Gasteiger partial charge in [0.2, 0.25) is 0 Å². The SMILES string of the molecule is CSC(C)C(=O)OCCBr. The number of rotatable bonds is 4. The average molecular weight is 227 g/mol. The van der Waals surface area contributed by atoms with Gasteiger partial charge in [0.15, 0.2) is 0 Å². The number of esters is 1. The number of ether oxygens (including phenoxy) is 1. The van der Waals surface area contributed by atoms with Crippen LogP contribution in [0.1, 0.15) is 6.92 Å². The number of hydrogen-bond acceptors (Lipinski definition) is 3. The summed E-state index contributed by atoms with van der Waals surface area (Å²) in [5.41, 5.74) is 0. The summed E-state index contributed by atoms with van der Waals surface area (Å²) in [6.07, 6.45) is 1.89. The Morgan fingerprint density at radius 1 is 1.80 bits per heavy atom. The molecule has 0 aliphatic rings. The van der Waals surface area contributed by atoms with E-state index in [0.717, 1.165) is 0 Å². The highest BCUT2D eigenvalue weighted by atomic mass is 79.9. The fourth-order valence-corrected chi connectivity index (χ4v) is 0.775. The van der Waals surface area contributed by atoms with Crippen LogP contribution in [0.25, 0.3) is 0 Å². The van der Waals surface area contributed by atoms with Crippen molar-refractivity contribution in [2.45, 2.75) is 12.2 Å². The molecule has 0 rings (SSSR count). The van der Waals surface area contributed by atoms with Crippen molar-refractivity contribution < 1.29 is 9.53 Å². The molecule has 1 atom stereocenters. The fraction of sp³-hybridized carbons (Fsp3) is 0.833. The average Bonchev–Trinajstić information content (AvgIpc) is 1.98. The third-order valence-electron chi connectivity index (χ3n) is 1.01. The first-order valence-corrected chi connectivity index (χ1v) is 5.38. The minimum atomic E-state index is -0.132. The van der Waals surface area contributed by atoms with Gasteiger partial charge in [0.25, 0.3) is 0 Å². The summed E-state index contributed by atoms with van der Waals surface area (Å²) in [6, 6.07) is 0. The summed E-state index contributed by atoms with van der Waals surface area (Å²) in [5.74, 6) is -0.132. The smallest absolute Gasteiger partial charge is 0.318 e. The van der Waals surface area contributed by atoms with Crippen LogP contribution in [0.3, 0.4) is 0 Å². The molecule has 0 radical (unpaired) electrons. The summed E-state index contributed by atoms with van der Waals surface area (Å²) in [5, 5.41) is 0.666. The topological polar surface area (TPSA) is 26.3 Å². The number of carbonyl (C=O) groups excluding carboxylic acids is 1. The molecule has 0 N–H and O–H groups in total. The monoisotopic (exact) mass is 226 g/mol. The Morgan fingerprint density at radius 2 is 2.40 bits per heavy atom. The van der Waals surface area contributed by atoms with Crippen LogP contribution in [0.15, 0.2) is 0 Å². The summed E-state index contributed by atoms with van der Waals surface area (Å²) >= 11 is 4.66. The van der Waals surface area contributed by atoms with Crippen molar-refractivity contribution in [1.82, 2.24) is 0 Å². The zero-order valence-electron chi connectivity index (χ0n) is 6.09. The summed E-state index contributed by atoms with van der Waals surface area (Å²) in [7, 11) is 0. The van der Waals surface area contributed by atoms with Gasteiger partial charge in [-0.2, -0.15) is 11.8 Å². The van der Waals surface area contributed by atoms with Gasteiger partial charge >= 0.3 is 5.97 Å². The van der Waals surface area contributed by atoms with E-state index in [2.05, 4.69) is 15.9 Å². The maximum Gasteiger partial charge on any atom is 0.318 e. The lowest BCUT2D eigenvalue weighted by molar-refractivity contribution is -0.141. The highest BCUT2D eigenvalue weighted by Crippen LogP contribution is 2.06. The molecule has 0 aromatic heterocycles. The van der Waals surface area contributed by atoms with E-state index in [1.165, 1.54) is 11.8 Å². The van der Waals surface area contributed by atoms with Gasteiger partial charge in [0.05, 0.1) is 5.25 Å². The molecule has 0 aromatic rings. The Labute approximate surface area is 73.8 Å². The summed E-state index contributed by atoms with van der Waals surface area (Å²) < 4.78 is 4.84. The lowest BCUT2D eigenvalue weighted by Crippen LogP contribution is -2.17. The van der Waals surface area contributed by atoms with Crippen LogP contribution < -0.4 is 0 Å². The van der Waals surface area contributed by atoms with E-state index in [1.807, 2.05) is 13.2 Å². The van der Waals surface area contributed by atoms with Gasteiger partial charge in [-0.1, -0.05) is 15.9 Å². The van der Waals surface area contributed by atoms with E-state index in [-0.39, 0.29) is 11.2 Å². The molecule has 0 fully saturated rings. The Bertz CT molecular complexity index is 108. The Balaban J connectivity index is 3.42. The molecule has 0 aliphatic carbocycles. The largest absolute Gasteiger partial charge is 0.464 e. The maximum absolute atomic E-state index is 10.9. The van der Waals surface area contributed by atoms with Gasteiger partial charge in [-0.3, -0.25) is 4.79 Å². The summed E-state index contributed by atoms with van der Waals surface area (Å²) in [4.78, 5) is 10.9. The Morgan fingerprint density at radius 3 is 2.80 bits per heavy atom. The van der Waals surface area contributed by atoms with E-state index in [1.54, 1.807) is 0 Å². The van der Waals surface area contributed by atoms with E-state index in [0.29, 0.717) is 11.9 Å². The lowest BCUT2D eigenvalue weighted by Gasteiger charge is -2.06. The number of carbonyl (C=O) groups is 1. The van der Waals surface area contributed by atoms with Gasteiger partial charge in [0, 0.05) is 5.33 Å². The Kier molecular flexibility index (Phi) is 6.22. The number of hydrogen-bond donors (Lipinski definition) is 0. The van der Waals surface area contributed by atoms with Crippen LogP contribution in [0.4, 0.5) is 0 Å². The molecule has 0 aliphatic heterocycles. The van der Waals surface area contributed by atoms with E-state index in [9.17, 15) is 4.79 Å². The second-order valence-corrected chi connectivity index (χ2v) is 3.71. The molecule has 0 aromatic carbocycles. The van der Waals surface area contributed by atoms with Crippen molar-refractivity contribution in [2.75, 3.05) is 18.2 Å². The Hall–Kier alpha value is 0.300. The van der Waals surface area contributed by atoms with E-state index in [4.69, 9.17) is 4.74 Å². The molecule has 0 bridgehead atoms. The fourth-order valence-electron chi connectivity index (χ4n) is 0.353. The molecular weight excluding hydrogens is 216 g/mol. The van der Waals surface area contributed by atoms with Crippen molar-refractivity contribution in [3.63, 3.8) is 0 Å². The molecule has 0 spiro atoms. The van der Waals surface area contributed by atoms with Crippen LogP contribution in [-0.2, 0) is 9.53 Å². The zero-order valence-corrected chi connectivity index (χ0v) is 8.50. The molecule has 60 valence electrons. The van der Waals surface area contributed by atoms with Crippen molar-refractivity contribution in [2.24, 2.45) is 0 Å². The number of thioether (sulfide) groups is 1. The zero-order chi connectivity index (χ0) is 7.98. The third-order valence-corrected chi connectivity index (χ3v) is 2.23. The van der Waals surface area contributed by atoms with Crippen LogP contribution >= 0.6 is 27.7 Å². The van der Waals surface area contributed by atoms with Crippen molar-refractivity contribution >= 4 is 33.7 Å². The second kappa shape index (κ2) is 6.04. The van der Waals surface area contributed by atoms with Crippen LogP contribution in [0.2, 0.25) is 0 Å². The summed E-state index contributed by atoms with van der Waals surface area (Å²) in [6.45, 7) is 2.30. The molecule has 0 saturated carbocycles. The molecular formula is C6H11BrO2S. The predicted octanol–water partition coefficient (Wildman–Crippen LogP) is 1.68. The maximum atomic E-state index is 10.9. The van der Waals surface area contributed by atoms with Crippen LogP contribution in [0.5, 0.6) is 0 Å². The first kappa shape index (κ1) is 10.3. The predicted molar refractivity (Wildman–Crippen MR) is 47.7 cm³/mol. The second-order valence-electron chi connectivity index (χ2n) is 1.73. The minimum absolute atomic E-state index is 0.0425. The van der Waals surface area contributed by atoms with Gasteiger partial charge in [0.1, 0.15) is 6.61 Å². The lowest BCUT2D eigenvalue weighted by atomic mass is 10.5. The minimum Gasteiger partial charge on any atom is -0.464 e. The molecule has 4 heteroatoms. The highest BCUT2D eigenvalue weighted by Gasteiger charge is 2.11. The van der Waals surface area contributed by atoms with Gasteiger partial charge in [-0.25, -0.2) is 0 Å². The van der Waals surface area contributed by atoms with Gasteiger partial charge in [-0.05, 0) is 13.2 Å². The quantitative estimate of drug-likeness (QED) is 0.539. The van der Waals surface area contributed by atoms with Crippen LogP contribution in [0, 0.1) is 0 Å². The molecule has 10 heavy (non-hydrogen) atoms. The molecule has 1 unspecified atom stereocenters. The van der Waals surface area contributed by atoms with Crippen molar-refractivity contribution in [3.05, 3.63) is 0 Å². The van der Waals surface area contributed by atoms with Crippen molar-refractivity contribution in [1.29, 1.82) is 0 Å². The van der Waals surface area contributed by atoms with E-state index >= 15 is 0 Å². The molecule has 0 amide bonds. The van der Waals surface area contributed by atoms with Gasteiger partial charge < -0.3 is 4.74 Å². The van der Waals surface area contributed by atoms with Crippen LogP contribution in [-0.4, -0.2) is 29.4 Å². The molecule has 0 saturated heterocycles. The normalized spacial score (nSPS) is 12.7. The molecule has 2 nitrogen and oxygen atoms in total. The third kappa shape index (κ3) is 4.17. The van der Waals surface area contributed by atoms with Gasteiger partial charge in [-0.15, -0.1) is 0 Å². The van der Waals surface area contributed by atoms with E-state index < -0.39 is 0 Å². The number of alkyl halides is 1. The molecule has 0 heterocycles. The first-order chi connectivity index (χ1) is 4.72.